The third-order valence-electron chi connectivity index (χ3n) is 1.76. The third-order valence-corrected chi connectivity index (χ3v) is 1.76. The summed E-state index contributed by atoms with van der Waals surface area (Å²) in [6, 6.07) is 0.835. The van der Waals surface area contributed by atoms with Gasteiger partial charge in [0.15, 0.2) is 11.5 Å². The van der Waals surface area contributed by atoms with Crippen LogP contribution in [-0.2, 0) is 12.7 Å². The third kappa shape index (κ3) is 1.63. The van der Waals surface area contributed by atoms with Gasteiger partial charge in [-0.1, -0.05) is 0 Å². The van der Waals surface area contributed by atoms with E-state index in [1.807, 2.05) is 0 Å². The standard InChI is InChI=1S/C7H6F3N5/c8-7(9,10)4-1-2-12-6-13-5(3-11)14-15(4)6/h1-2H,3,11H2. The summed E-state index contributed by atoms with van der Waals surface area (Å²) in [6.07, 6.45) is -3.45. The first-order valence-electron chi connectivity index (χ1n) is 4.00. The molecule has 0 aromatic carbocycles. The molecule has 0 bridgehead atoms. The predicted octanol–water partition coefficient (Wildman–Crippen LogP) is 0.602. The van der Waals surface area contributed by atoms with Crippen molar-refractivity contribution in [1.82, 2.24) is 19.6 Å². The molecule has 0 saturated heterocycles. The van der Waals surface area contributed by atoms with Crippen LogP contribution >= 0.6 is 0 Å². The molecule has 2 rings (SSSR count). The van der Waals surface area contributed by atoms with Crippen molar-refractivity contribution in [3.8, 4) is 0 Å². The molecular formula is C7H6F3N5. The fourth-order valence-electron chi connectivity index (χ4n) is 1.14. The summed E-state index contributed by atoms with van der Waals surface area (Å²) in [5.74, 6) is 0.0180. The summed E-state index contributed by atoms with van der Waals surface area (Å²) in [6.45, 7) is -0.0271. The molecule has 0 radical (unpaired) electrons. The predicted molar refractivity (Wildman–Crippen MR) is 43.7 cm³/mol. The number of nitrogens with two attached hydrogens (primary N) is 1. The van der Waals surface area contributed by atoms with E-state index in [9.17, 15) is 13.2 Å². The first kappa shape index (κ1) is 9.84. The van der Waals surface area contributed by atoms with Crippen molar-refractivity contribution >= 4 is 5.78 Å². The molecule has 2 heterocycles. The lowest BCUT2D eigenvalue weighted by atomic mass is 10.4. The summed E-state index contributed by atoms with van der Waals surface area (Å²) in [5.41, 5.74) is 4.31. The van der Waals surface area contributed by atoms with E-state index >= 15 is 0 Å². The van der Waals surface area contributed by atoms with Gasteiger partial charge in [0.1, 0.15) is 0 Å². The number of rotatable bonds is 1. The highest BCUT2D eigenvalue weighted by atomic mass is 19.4. The molecule has 5 nitrogen and oxygen atoms in total. The molecule has 80 valence electrons. The number of aromatic nitrogens is 4. The summed E-state index contributed by atoms with van der Waals surface area (Å²) in [4.78, 5) is 7.38. The molecule has 0 unspecified atom stereocenters. The maximum Gasteiger partial charge on any atom is 0.433 e. The molecule has 0 aliphatic carbocycles. The van der Waals surface area contributed by atoms with Crippen molar-refractivity contribution in [2.45, 2.75) is 12.7 Å². The highest BCUT2D eigenvalue weighted by molar-refractivity contribution is 5.29. The quantitative estimate of drug-likeness (QED) is 0.759. The number of hydrogen-bond acceptors (Lipinski definition) is 4. The minimum absolute atomic E-state index is 0.0271. The number of nitrogens with zero attached hydrogens (tertiary/aromatic N) is 4. The second-order valence-electron chi connectivity index (χ2n) is 2.77. The maximum atomic E-state index is 12.5. The maximum absolute atomic E-state index is 12.5. The number of halogens is 3. The molecule has 2 aromatic rings. The van der Waals surface area contributed by atoms with E-state index in [0.717, 1.165) is 12.3 Å². The van der Waals surface area contributed by atoms with Crippen LogP contribution < -0.4 is 5.73 Å². The average molecular weight is 217 g/mol. The summed E-state index contributed by atoms with van der Waals surface area (Å²) >= 11 is 0. The Labute approximate surface area is 81.7 Å². The Morgan fingerprint density at radius 2 is 2.13 bits per heavy atom. The van der Waals surface area contributed by atoms with Crippen LogP contribution in [0.3, 0.4) is 0 Å². The lowest BCUT2D eigenvalue weighted by Gasteiger charge is -2.06. The fraction of sp³-hybridized carbons (Fsp3) is 0.286. The Hall–Kier alpha value is -1.70. The molecule has 2 N–H and O–H groups in total. The molecule has 8 heteroatoms. The van der Waals surface area contributed by atoms with Gasteiger partial charge < -0.3 is 5.73 Å². The zero-order valence-electron chi connectivity index (χ0n) is 7.36. The Bertz CT molecular complexity index is 489. The normalized spacial score (nSPS) is 12.3. The molecule has 0 aliphatic heterocycles. The second kappa shape index (κ2) is 3.16. The van der Waals surface area contributed by atoms with Crippen LogP contribution in [0.5, 0.6) is 0 Å². The van der Waals surface area contributed by atoms with Crippen molar-refractivity contribution < 1.29 is 13.2 Å². The van der Waals surface area contributed by atoms with Crippen molar-refractivity contribution in [2.24, 2.45) is 5.73 Å². The highest BCUT2D eigenvalue weighted by Crippen LogP contribution is 2.28. The van der Waals surface area contributed by atoms with Gasteiger partial charge in [-0.15, -0.1) is 5.10 Å². The highest BCUT2D eigenvalue weighted by Gasteiger charge is 2.34. The number of alkyl halides is 3. The van der Waals surface area contributed by atoms with Crippen LogP contribution in [0.25, 0.3) is 5.78 Å². The van der Waals surface area contributed by atoms with Gasteiger partial charge >= 0.3 is 6.18 Å². The van der Waals surface area contributed by atoms with Gasteiger partial charge in [0.2, 0.25) is 0 Å². The van der Waals surface area contributed by atoms with Gasteiger partial charge in [-0.25, -0.2) is 4.98 Å². The zero-order valence-corrected chi connectivity index (χ0v) is 7.36. The Morgan fingerprint density at radius 1 is 1.40 bits per heavy atom. The van der Waals surface area contributed by atoms with Crippen LogP contribution in [0.2, 0.25) is 0 Å². The average Bonchev–Trinajstić information content (AvgIpc) is 2.57. The van der Waals surface area contributed by atoms with Crippen molar-refractivity contribution in [3.05, 3.63) is 23.8 Å². The van der Waals surface area contributed by atoms with Crippen LogP contribution in [0, 0.1) is 0 Å². The minimum atomic E-state index is -4.49. The van der Waals surface area contributed by atoms with E-state index in [0.29, 0.717) is 4.52 Å². The second-order valence-corrected chi connectivity index (χ2v) is 2.77. The smallest absolute Gasteiger partial charge is 0.324 e. The molecule has 0 fully saturated rings. The molecule has 0 saturated carbocycles. The number of hydrogen-bond donors (Lipinski definition) is 1. The van der Waals surface area contributed by atoms with E-state index in [1.54, 1.807) is 0 Å². The minimum Gasteiger partial charge on any atom is -0.324 e. The van der Waals surface area contributed by atoms with Crippen molar-refractivity contribution in [1.29, 1.82) is 0 Å². The molecule has 0 aliphatic rings. The van der Waals surface area contributed by atoms with Gasteiger partial charge in [0.05, 0.1) is 6.54 Å². The molecule has 0 atom stereocenters. The van der Waals surface area contributed by atoms with E-state index < -0.39 is 11.9 Å². The summed E-state index contributed by atoms with van der Waals surface area (Å²) in [7, 11) is 0. The summed E-state index contributed by atoms with van der Waals surface area (Å²) in [5, 5.41) is 3.60. The first-order valence-corrected chi connectivity index (χ1v) is 4.00. The van der Waals surface area contributed by atoms with Gasteiger partial charge in [-0.3, -0.25) is 0 Å². The largest absolute Gasteiger partial charge is 0.433 e. The van der Waals surface area contributed by atoms with E-state index in [4.69, 9.17) is 5.73 Å². The number of fused-ring (bicyclic) bond motifs is 1. The molecule has 0 amide bonds. The lowest BCUT2D eigenvalue weighted by Crippen LogP contribution is -2.13. The monoisotopic (exact) mass is 217 g/mol. The van der Waals surface area contributed by atoms with E-state index in [-0.39, 0.29) is 18.1 Å². The van der Waals surface area contributed by atoms with Crippen LogP contribution in [0.1, 0.15) is 11.5 Å². The first-order chi connectivity index (χ1) is 7.02. The summed E-state index contributed by atoms with van der Waals surface area (Å²) < 4.78 is 38.1. The van der Waals surface area contributed by atoms with Crippen LogP contribution in [-0.4, -0.2) is 19.6 Å². The SMILES string of the molecule is NCc1nc2nccc(C(F)(F)F)n2n1. The molecule has 2 aromatic heterocycles. The van der Waals surface area contributed by atoms with Crippen molar-refractivity contribution in [2.75, 3.05) is 0 Å². The van der Waals surface area contributed by atoms with E-state index in [1.165, 1.54) is 0 Å². The Morgan fingerprint density at radius 3 is 2.73 bits per heavy atom. The van der Waals surface area contributed by atoms with Crippen LogP contribution in [0.4, 0.5) is 13.2 Å². The Balaban J connectivity index is 2.70. The zero-order chi connectivity index (χ0) is 11.1. The lowest BCUT2D eigenvalue weighted by molar-refractivity contribution is -0.142. The van der Waals surface area contributed by atoms with Gasteiger partial charge in [-0.05, 0) is 6.07 Å². The molecular weight excluding hydrogens is 211 g/mol. The topological polar surface area (TPSA) is 69.1 Å². The Kier molecular flexibility index (Phi) is 2.07. The molecule has 15 heavy (non-hydrogen) atoms. The van der Waals surface area contributed by atoms with Crippen LogP contribution in [0.15, 0.2) is 12.3 Å². The van der Waals surface area contributed by atoms with Crippen molar-refractivity contribution in [3.63, 3.8) is 0 Å². The fourth-order valence-corrected chi connectivity index (χ4v) is 1.14. The van der Waals surface area contributed by atoms with Gasteiger partial charge in [-0.2, -0.15) is 22.7 Å². The van der Waals surface area contributed by atoms with Gasteiger partial charge in [0, 0.05) is 6.20 Å². The molecule has 0 spiro atoms. The van der Waals surface area contributed by atoms with E-state index in [2.05, 4.69) is 15.1 Å². The van der Waals surface area contributed by atoms with Gasteiger partial charge in [0.25, 0.3) is 5.78 Å².